The maximum Gasteiger partial charge on any atom is 0.190 e. The molecule has 0 saturated heterocycles. The van der Waals surface area contributed by atoms with Crippen LogP contribution in [0.4, 0.5) is 0 Å². The second kappa shape index (κ2) is 5.42. The highest BCUT2D eigenvalue weighted by Gasteiger charge is 2.55. The second-order valence-electron chi connectivity index (χ2n) is 5.84. The second-order valence-corrected chi connectivity index (χ2v) is 5.84. The van der Waals surface area contributed by atoms with E-state index >= 15 is 0 Å². The van der Waals surface area contributed by atoms with Gasteiger partial charge in [0.2, 0.25) is 0 Å². The summed E-state index contributed by atoms with van der Waals surface area (Å²) in [6.07, 6.45) is 4.46. The molecule has 2 aliphatic carbocycles. The van der Waals surface area contributed by atoms with Crippen molar-refractivity contribution in [3.8, 4) is 11.8 Å². The fraction of sp³-hybridized carbons (Fsp3) is 0.389. The zero-order valence-corrected chi connectivity index (χ0v) is 12.5. The van der Waals surface area contributed by atoms with Crippen LogP contribution in [0.15, 0.2) is 35.9 Å². The minimum atomic E-state index is -1.23. The number of allylic oxidation sites excluding steroid dienone is 2. The van der Waals surface area contributed by atoms with E-state index in [1.165, 1.54) is 0 Å². The number of hydrogen-bond acceptors (Lipinski definition) is 4. The van der Waals surface area contributed by atoms with Gasteiger partial charge < -0.3 is 4.74 Å². The van der Waals surface area contributed by atoms with E-state index in [-0.39, 0.29) is 17.5 Å². The molecule has 1 saturated carbocycles. The Kier molecular flexibility index (Phi) is 3.58. The van der Waals surface area contributed by atoms with Gasteiger partial charge >= 0.3 is 0 Å². The quantitative estimate of drug-likeness (QED) is 0.804. The maximum atomic E-state index is 12.8. The smallest absolute Gasteiger partial charge is 0.190 e. The predicted molar refractivity (Wildman–Crippen MR) is 80.4 cm³/mol. The molecule has 2 aliphatic rings. The average molecular weight is 295 g/mol. The van der Waals surface area contributed by atoms with Crippen LogP contribution >= 0.6 is 0 Å². The lowest BCUT2D eigenvalue weighted by Crippen LogP contribution is -2.41. The number of nitrogens with zero attached hydrogens (tertiary/aromatic N) is 1. The molecule has 1 aromatic rings. The average Bonchev–Trinajstić information content (AvgIpc) is 2.95. The Balaban J connectivity index is 1.98. The first-order valence-corrected chi connectivity index (χ1v) is 7.47. The molecule has 2 atom stereocenters. The van der Waals surface area contributed by atoms with E-state index in [2.05, 4.69) is 6.07 Å². The molecule has 0 amide bonds. The van der Waals surface area contributed by atoms with Crippen molar-refractivity contribution in [2.75, 3.05) is 7.11 Å². The number of methoxy groups -OCH3 is 1. The van der Waals surface area contributed by atoms with E-state index in [0.29, 0.717) is 29.7 Å². The summed E-state index contributed by atoms with van der Waals surface area (Å²) in [7, 11) is 1.56. The van der Waals surface area contributed by atoms with Gasteiger partial charge in [-0.2, -0.15) is 5.26 Å². The van der Waals surface area contributed by atoms with Crippen LogP contribution in [-0.4, -0.2) is 18.7 Å². The van der Waals surface area contributed by atoms with Gasteiger partial charge in [0, 0.05) is 17.6 Å². The molecule has 4 heteroatoms. The molecular formula is C18H17NO3. The van der Waals surface area contributed by atoms with Crippen LogP contribution in [0.5, 0.6) is 5.75 Å². The number of carbonyl (C=O) groups excluding carboxylic acids is 2. The van der Waals surface area contributed by atoms with Crippen LogP contribution in [0, 0.1) is 22.7 Å². The van der Waals surface area contributed by atoms with Gasteiger partial charge in [-0.25, -0.2) is 0 Å². The zero-order chi connectivity index (χ0) is 15.7. The van der Waals surface area contributed by atoms with Crippen LogP contribution in [0.3, 0.4) is 0 Å². The van der Waals surface area contributed by atoms with Crippen LogP contribution in [0.2, 0.25) is 0 Å². The third kappa shape index (κ3) is 1.97. The molecule has 112 valence electrons. The Bertz CT molecular complexity index is 696. The fourth-order valence-electron chi connectivity index (χ4n) is 3.62. The molecule has 0 aromatic heterocycles. The van der Waals surface area contributed by atoms with E-state index in [1.807, 2.05) is 0 Å². The molecule has 3 rings (SSSR count). The third-order valence-corrected chi connectivity index (χ3v) is 4.81. The summed E-state index contributed by atoms with van der Waals surface area (Å²) in [4.78, 5) is 25.2. The SMILES string of the molecule is COc1ccc(C(=O)C2=CCC3CCCC(=O)C23C#N)cc1. The molecule has 0 N–H and O–H groups in total. The number of ketones is 2. The molecule has 1 aromatic carbocycles. The Hall–Kier alpha value is -2.41. The number of fused-ring (bicyclic) bond motifs is 1. The number of ether oxygens (including phenoxy) is 1. The first kappa shape index (κ1) is 14.5. The summed E-state index contributed by atoms with van der Waals surface area (Å²) in [6, 6.07) is 8.96. The summed E-state index contributed by atoms with van der Waals surface area (Å²) in [5.41, 5.74) is -0.370. The summed E-state index contributed by atoms with van der Waals surface area (Å²) in [6.45, 7) is 0. The molecule has 0 heterocycles. The molecule has 0 bridgehead atoms. The topological polar surface area (TPSA) is 67.2 Å². The highest BCUT2D eigenvalue weighted by Crippen LogP contribution is 2.51. The van der Waals surface area contributed by atoms with Crippen LogP contribution in [0.25, 0.3) is 0 Å². The predicted octanol–water partition coefficient (Wildman–Crippen LogP) is 3.09. The van der Waals surface area contributed by atoms with Gasteiger partial charge in [-0.15, -0.1) is 0 Å². The van der Waals surface area contributed by atoms with Gasteiger partial charge in [-0.1, -0.05) is 6.08 Å². The monoisotopic (exact) mass is 295 g/mol. The molecule has 0 radical (unpaired) electrons. The molecule has 1 fully saturated rings. The van der Waals surface area contributed by atoms with E-state index < -0.39 is 5.41 Å². The number of nitriles is 1. The summed E-state index contributed by atoms with van der Waals surface area (Å²) < 4.78 is 5.09. The van der Waals surface area contributed by atoms with Crippen molar-refractivity contribution < 1.29 is 14.3 Å². The van der Waals surface area contributed by atoms with Crippen molar-refractivity contribution in [1.29, 1.82) is 5.26 Å². The first-order chi connectivity index (χ1) is 10.6. The number of hydrogen-bond donors (Lipinski definition) is 0. The minimum Gasteiger partial charge on any atom is -0.497 e. The van der Waals surface area contributed by atoms with Gasteiger partial charge in [0.15, 0.2) is 11.6 Å². The summed E-state index contributed by atoms with van der Waals surface area (Å²) in [5, 5.41) is 9.69. The molecular weight excluding hydrogens is 278 g/mol. The highest BCUT2D eigenvalue weighted by atomic mass is 16.5. The number of benzene rings is 1. The van der Waals surface area contributed by atoms with Gasteiger partial charge in [-0.3, -0.25) is 9.59 Å². The molecule has 0 aliphatic heterocycles. The maximum absolute atomic E-state index is 12.8. The van der Waals surface area contributed by atoms with E-state index in [9.17, 15) is 14.9 Å². The van der Waals surface area contributed by atoms with Gasteiger partial charge in [0.1, 0.15) is 11.2 Å². The Morgan fingerprint density at radius 3 is 2.73 bits per heavy atom. The number of carbonyl (C=O) groups is 2. The Morgan fingerprint density at radius 1 is 1.36 bits per heavy atom. The number of rotatable bonds is 3. The summed E-state index contributed by atoms with van der Waals surface area (Å²) >= 11 is 0. The van der Waals surface area contributed by atoms with Crippen molar-refractivity contribution >= 4 is 11.6 Å². The first-order valence-electron chi connectivity index (χ1n) is 7.47. The molecule has 2 unspecified atom stereocenters. The van der Waals surface area contributed by atoms with Gasteiger partial charge in [-0.05, 0) is 49.4 Å². The Morgan fingerprint density at radius 2 is 2.09 bits per heavy atom. The normalized spacial score (nSPS) is 26.8. The van der Waals surface area contributed by atoms with E-state index in [0.717, 1.165) is 12.8 Å². The van der Waals surface area contributed by atoms with Gasteiger partial charge in [0.05, 0.1) is 13.2 Å². The molecule has 22 heavy (non-hydrogen) atoms. The van der Waals surface area contributed by atoms with Crippen LogP contribution in [0.1, 0.15) is 36.0 Å². The summed E-state index contributed by atoms with van der Waals surface area (Å²) in [5.74, 6) is 0.299. The highest BCUT2D eigenvalue weighted by molar-refractivity contribution is 6.15. The van der Waals surface area contributed by atoms with Crippen LogP contribution < -0.4 is 4.74 Å². The van der Waals surface area contributed by atoms with Crippen molar-refractivity contribution in [3.63, 3.8) is 0 Å². The molecule has 4 nitrogen and oxygen atoms in total. The van der Waals surface area contributed by atoms with E-state index in [1.54, 1.807) is 37.5 Å². The molecule has 0 spiro atoms. The lowest BCUT2D eigenvalue weighted by molar-refractivity contribution is -0.128. The van der Waals surface area contributed by atoms with Crippen molar-refractivity contribution in [1.82, 2.24) is 0 Å². The lowest BCUT2D eigenvalue weighted by atomic mass is 9.64. The largest absolute Gasteiger partial charge is 0.497 e. The van der Waals surface area contributed by atoms with Crippen molar-refractivity contribution in [2.24, 2.45) is 11.3 Å². The Labute approximate surface area is 129 Å². The van der Waals surface area contributed by atoms with Crippen molar-refractivity contribution in [3.05, 3.63) is 41.5 Å². The third-order valence-electron chi connectivity index (χ3n) is 4.81. The minimum absolute atomic E-state index is 0.0454. The fourth-order valence-corrected chi connectivity index (χ4v) is 3.62. The standard InChI is InChI=1S/C18H17NO3/c1-22-14-8-5-12(6-9-14)17(21)15-10-7-13-3-2-4-16(20)18(13,15)11-19/h5-6,8-10,13H,2-4,7H2,1H3. The van der Waals surface area contributed by atoms with Crippen LogP contribution in [-0.2, 0) is 4.79 Å². The van der Waals surface area contributed by atoms with Crippen molar-refractivity contribution in [2.45, 2.75) is 25.7 Å². The zero-order valence-electron chi connectivity index (χ0n) is 12.5. The van der Waals surface area contributed by atoms with E-state index in [4.69, 9.17) is 4.74 Å². The van der Waals surface area contributed by atoms with Gasteiger partial charge in [0.25, 0.3) is 0 Å². The number of Topliss-reactive ketones (excluding diaryl/α,β-unsaturated/α-hetero) is 2. The lowest BCUT2D eigenvalue weighted by Gasteiger charge is -2.33.